The van der Waals surface area contributed by atoms with E-state index in [4.69, 9.17) is 0 Å². The van der Waals surface area contributed by atoms with Crippen LogP contribution >= 0.6 is 15.9 Å². The SMILES string of the molecule is OC(Cc1ccc(Br)cn1)C1(N2CCCC2)CCCC1. The van der Waals surface area contributed by atoms with Crippen LogP contribution in [-0.4, -0.2) is 39.7 Å². The number of likely N-dealkylation sites (tertiary alicyclic amines) is 1. The third-order valence-corrected chi connectivity index (χ3v) is 5.49. The van der Waals surface area contributed by atoms with E-state index in [-0.39, 0.29) is 11.6 Å². The number of aliphatic hydroxyl groups excluding tert-OH is 1. The number of nitrogens with zero attached hydrogens (tertiary/aromatic N) is 2. The number of rotatable bonds is 4. The molecule has 2 heterocycles. The van der Waals surface area contributed by atoms with Gasteiger partial charge in [0.1, 0.15) is 0 Å². The van der Waals surface area contributed by atoms with Gasteiger partial charge < -0.3 is 5.11 Å². The molecule has 4 heteroatoms. The fourth-order valence-electron chi connectivity index (χ4n) is 3.93. The zero-order valence-electron chi connectivity index (χ0n) is 11.9. The Kier molecular flexibility index (Phi) is 4.43. The molecule has 3 rings (SSSR count). The second-order valence-electron chi connectivity index (χ2n) is 6.19. The second-order valence-corrected chi connectivity index (χ2v) is 7.11. The molecule has 3 nitrogen and oxygen atoms in total. The predicted molar refractivity (Wildman–Crippen MR) is 83.7 cm³/mol. The summed E-state index contributed by atoms with van der Waals surface area (Å²) in [5.41, 5.74) is 1.01. The molecule has 1 atom stereocenters. The summed E-state index contributed by atoms with van der Waals surface area (Å²) in [7, 11) is 0. The summed E-state index contributed by atoms with van der Waals surface area (Å²) >= 11 is 3.41. The van der Waals surface area contributed by atoms with Crippen molar-refractivity contribution >= 4 is 15.9 Å². The first-order chi connectivity index (χ1) is 9.71. The molecule has 20 heavy (non-hydrogen) atoms. The number of pyridine rings is 1. The second kappa shape index (κ2) is 6.12. The maximum Gasteiger partial charge on any atom is 0.0779 e. The molecule has 0 spiro atoms. The third kappa shape index (κ3) is 2.78. The Morgan fingerprint density at radius 3 is 2.50 bits per heavy atom. The maximum atomic E-state index is 10.9. The summed E-state index contributed by atoms with van der Waals surface area (Å²) in [4.78, 5) is 6.98. The van der Waals surface area contributed by atoms with Crippen LogP contribution in [0.15, 0.2) is 22.8 Å². The Balaban J connectivity index is 1.75. The summed E-state index contributed by atoms with van der Waals surface area (Å²) in [5.74, 6) is 0. The fourth-order valence-corrected chi connectivity index (χ4v) is 4.16. The molecular formula is C16H23BrN2O. The predicted octanol–water partition coefficient (Wildman–Crippen LogP) is 3.16. The highest BCUT2D eigenvalue weighted by Gasteiger charge is 2.46. The van der Waals surface area contributed by atoms with Gasteiger partial charge in [-0.15, -0.1) is 0 Å². The van der Waals surface area contributed by atoms with Gasteiger partial charge in [0.15, 0.2) is 0 Å². The van der Waals surface area contributed by atoms with Crippen molar-refractivity contribution in [2.24, 2.45) is 0 Å². The van der Waals surface area contributed by atoms with Crippen molar-refractivity contribution in [1.82, 2.24) is 9.88 Å². The van der Waals surface area contributed by atoms with Gasteiger partial charge in [-0.05, 0) is 66.8 Å². The van der Waals surface area contributed by atoms with Crippen LogP contribution in [0, 0.1) is 0 Å². The average Bonchev–Trinajstić information content (AvgIpc) is 3.12. The Morgan fingerprint density at radius 2 is 1.90 bits per heavy atom. The van der Waals surface area contributed by atoms with Crippen molar-refractivity contribution in [1.29, 1.82) is 0 Å². The largest absolute Gasteiger partial charge is 0.391 e. The molecular weight excluding hydrogens is 316 g/mol. The van der Waals surface area contributed by atoms with E-state index in [9.17, 15) is 5.11 Å². The van der Waals surface area contributed by atoms with Crippen LogP contribution < -0.4 is 0 Å². The van der Waals surface area contributed by atoms with Crippen LogP contribution in [0.2, 0.25) is 0 Å². The number of aromatic nitrogens is 1. The number of hydrogen-bond donors (Lipinski definition) is 1. The van der Waals surface area contributed by atoms with Crippen molar-refractivity contribution in [2.45, 2.75) is 56.6 Å². The van der Waals surface area contributed by atoms with Crippen molar-refractivity contribution in [3.8, 4) is 0 Å². The Labute approximate surface area is 129 Å². The summed E-state index contributed by atoms with van der Waals surface area (Å²) in [5, 5.41) is 10.9. The van der Waals surface area contributed by atoms with Crippen molar-refractivity contribution in [2.75, 3.05) is 13.1 Å². The third-order valence-electron chi connectivity index (χ3n) is 5.02. The lowest BCUT2D eigenvalue weighted by atomic mass is 9.85. The molecule has 1 aromatic rings. The van der Waals surface area contributed by atoms with Crippen LogP contribution in [0.3, 0.4) is 0 Å². The smallest absolute Gasteiger partial charge is 0.0779 e. The molecule has 1 aliphatic carbocycles. The lowest BCUT2D eigenvalue weighted by Crippen LogP contribution is -2.54. The lowest BCUT2D eigenvalue weighted by Gasteiger charge is -2.42. The molecule has 1 aromatic heterocycles. The minimum Gasteiger partial charge on any atom is -0.391 e. The van der Waals surface area contributed by atoms with Gasteiger partial charge in [-0.25, -0.2) is 0 Å². The van der Waals surface area contributed by atoms with Crippen LogP contribution in [0.5, 0.6) is 0 Å². The first kappa shape index (κ1) is 14.5. The quantitative estimate of drug-likeness (QED) is 0.915. The van der Waals surface area contributed by atoms with Crippen LogP contribution in [0.25, 0.3) is 0 Å². The van der Waals surface area contributed by atoms with Crippen LogP contribution in [-0.2, 0) is 6.42 Å². The summed E-state index contributed by atoms with van der Waals surface area (Å²) < 4.78 is 0.992. The molecule has 0 amide bonds. The van der Waals surface area contributed by atoms with Crippen LogP contribution in [0.4, 0.5) is 0 Å². The molecule has 1 aliphatic heterocycles. The van der Waals surface area contributed by atoms with Gasteiger partial charge in [0, 0.05) is 28.3 Å². The van der Waals surface area contributed by atoms with E-state index in [2.05, 4.69) is 25.8 Å². The van der Waals surface area contributed by atoms with Gasteiger partial charge in [0.05, 0.1) is 6.10 Å². The van der Waals surface area contributed by atoms with Gasteiger partial charge in [0.2, 0.25) is 0 Å². The van der Waals surface area contributed by atoms with E-state index in [1.165, 1.54) is 25.7 Å². The molecule has 2 fully saturated rings. The zero-order chi connectivity index (χ0) is 14.0. The topological polar surface area (TPSA) is 36.4 Å². The van der Waals surface area contributed by atoms with Gasteiger partial charge in [0.25, 0.3) is 0 Å². The zero-order valence-corrected chi connectivity index (χ0v) is 13.5. The minimum atomic E-state index is -0.295. The molecule has 0 bridgehead atoms. The normalized spacial score (nSPS) is 24.1. The molecule has 0 radical (unpaired) electrons. The Hall–Kier alpha value is -0.450. The molecule has 1 unspecified atom stereocenters. The average molecular weight is 339 g/mol. The van der Waals surface area contributed by atoms with Gasteiger partial charge in [-0.1, -0.05) is 12.8 Å². The molecule has 2 aliphatic rings. The highest BCUT2D eigenvalue weighted by Crippen LogP contribution is 2.40. The number of aliphatic hydroxyl groups is 1. The molecule has 1 saturated heterocycles. The summed E-state index contributed by atoms with van der Waals surface area (Å²) in [6, 6.07) is 4.02. The van der Waals surface area contributed by atoms with Gasteiger partial charge in [-0.2, -0.15) is 0 Å². The molecule has 1 N–H and O–H groups in total. The van der Waals surface area contributed by atoms with Crippen LogP contribution in [0.1, 0.15) is 44.2 Å². The highest BCUT2D eigenvalue weighted by molar-refractivity contribution is 9.10. The van der Waals surface area contributed by atoms with Crippen molar-refractivity contribution in [3.63, 3.8) is 0 Å². The molecule has 110 valence electrons. The fraction of sp³-hybridized carbons (Fsp3) is 0.688. The van der Waals surface area contributed by atoms with E-state index in [1.54, 1.807) is 0 Å². The monoisotopic (exact) mass is 338 g/mol. The Morgan fingerprint density at radius 1 is 1.20 bits per heavy atom. The van der Waals surface area contributed by atoms with E-state index in [1.807, 2.05) is 18.3 Å². The number of halogens is 1. The van der Waals surface area contributed by atoms with E-state index in [0.717, 1.165) is 36.1 Å². The van der Waals surface area contributed by atoms with E-state index < -0.39 is 0 Å². The lowest BCUT2D eigenvalue weighted by molar-refractivity contribution is -0.0176. The maximum absolute atomic E-state index is 10.9. The first-order valence-corrected chi connectivity index (χ1v) is 8.53. The summed E-state index contributed by atoms with van der Waals surface area (Å²) in [6.07, 6.45) is 9.55. The van der Waals surface area contributed by atoms with Crippen molar-refractivity contribution < 1.29 is 5.11 Å². The minimum absolute atomic E-state index is 0.0191. The molecule has 1 saturated carbocycles. The van der Waals surface area contributed by atoms with Crippen molar-refractivity contribution in [3.05, 3.63) is 28.5 Å². The standard InChI is InChI=1S/C16H23BrN2O/c17-13-5-6-14(18-12-13)11-15(20)16(7-1-2-8-16)19-9-3-4-10-19/h5-6,12,15,20H,1-4,7-11H2. The summed E-state index contributed by atoms with van der Waals surface area (Å²) in [6.45, 7) is 2.32. The number of hydrogen-bond acceptors (Lipinski definition) is 3. The van der Waals surface area contributed by atoms with Gasteiger partial charge in [-0.3, -0.25) is 9.88 Å². The van der Waals surface area contributed by atoms with Gasteiger partial charge >= 0.3 is 0 Å². The Bertz CT molecular complexity index is 436. The molecule has 0 aromatic carbocycles. The highest BCUT2D eigenvalue weighted by atomic mass is 79.9. The van der Waals surface area contributed by atoms with E-state index >= 15 is 0 Å². The first-order valence-electron chi connectivity index (χ1n) is 7.74. The van der Waals surface area contributed by atoms with E-state index in [0.29, 0.717) is 6.42 Å².